The fourth-order valence-corrected chi connectivity index (χ4v) is 4.55. The van der Waals surface area contributed by atoms with Gasteiger partial charge in [0.1, 0.15) is 0 Å². The van der Waals surface area contributed by atoms with E-state index in [9.17, 15) is 0 Å². The summed E-state index contributed by atoms with van der Waals surface area (Å²) in [6.07, 6.45) is 2.49. The molecule has 0 N–H and O–H groups in total. The number of fused-ring (bicyclic) bond motifs is 1. The third kappa shape index (κ3) is 1.69. The summed E-state index contributed by atoms with van der Waals surface area (Å²) in [6.45, 7) is 11.9. The quantitative estimate of drug-likeness (QED) is 0.611. The monoisotopic (exact) mass is 216 g/mol. The second kappa shape index (κ2) is 3.34. The molecule has 0 aromatic heterocycles. The minimum Gasteiger partial charge on any atom is -0.0762 e. The van der Waals surface area contributed by atoms with Crippen LogP contribution in [0.2, 0.25) is 19.6 Å². The molecule has 0 saturated carbocycles. The number of rotatable bonds is 1. The molecular formula is C14H20Si. The fourth-order valence-electron chi connectivity index (χ4n) is 2.63. The Bertz CT molecular complexity index is 421. The van der Waals surface area contributed by atoms with Gasteiger partial charge in [0, 0.05) is 0 Å². The number of hydrogen-bond donors (Lipinski definition) is 0. The molecule has 1 aromatic carbocycles. The highest BCUT2D eigenvalue weighted by Crippen LogP contribution is 2.42. The zero-order valence-corrected chi connectivity index (χ0v) is 11.4. The molecule has 2 rings (SSSR count). The summed E-state index contributed by atoms with van der Waals surface area (Å²) >= 11 is 0. The summed E-state index contributed by atoms with van der Waals surface area (Å²) in [5.74, 6) is 0. The smallest absolute Gasteiger partial charge is 0.0566 e. The van der Waals surface area contributed by atoms with Crippen LogP contribution in [0.1, 0.15) is 29.2 Å². The van der Waals surface area contributed by atoms with Crippen molar-refractivity contribution in [1.29, 1.82) is 0 Å². The van der Waals surface area contributed by atoms with Crippen LogP contribution in [0.15, 0.2) is 24.3 Å². The average Bonchev–Trinajstić information content (AvgIpc) is 2.44. The molecule has 1 heteroatoms. The summed E-state index contributed by atoms with van der Waals surface area (Å²) in [7, 11) is -1.12. The number of aryl methyl sites for hydroxylation is 1. The molecule has 0 bridgehead atoms. The van der Waals surface area contributed by atoms with E-state index in [2.05, 4.69) is 57.8 Å². The van der Waals surface area contributed by atoms with Crippen molar-refractivity contribution in [3.8, 4) is 0 Å². The number of allylic oxidation sites excluding steroid dienone is 2. The first-order valence-electron chi connectivity index (χ1n) is 5.69. The van der Waals surface area contributed by atoms with E-state index in [-0.39, 0.29) is 0 Å². The van der Waals surface area contributed by atoms with Gasteiger partial charge in [0.15, 0.2) is 0 Å². The van der Waals surface area contributed by atoms with Crippen molar-refractivity contribution in [3.63, 3.8) is 0 Å². The summed E-state index contributed by atoms with van der Waals surface area (Å²) in [4.78, 5) is 0. The van der Waals surface area contributed by atoms with Crippen molar-refractivity contribution >= 4 is 13.6 Å². The first-order chi connectivity index (χ1) is 6.91. The van der Waals surface area contributed by atoms with E-state index in [1.165, 1.54) is 16.7 Å². The van der Waals surface area contributed by atoms with Crippen molar-refractivity contribution in [2.24, 2.45) is 0 Å². The Morgan fingerprint density at radius 1 is 1.07 bits per heavy atom. The highest BCUT2D eigenvalue weighted by Gasteiger charge is 2.32. The molecule has 0 amide bonds. The molecule has 1 aliphatic rings. The van der Waals surface area contributed by atoms with Crippen molar-refractivity contribution < 1.29 is 0 Å². The largest absolute Gasteiger partial charge is 0.0762 e. The molecule has 1 atom stereocenters. The molecule has 1 aliphatic carbocycles. The third-order valence-corrected chi connectivity index (χ3v) is 5.73. The van der Waals surface area contributed by atoms with Crippen LogP contribution in [-0.2, 0) is 0 Å². The maximum Gasteiger partial charge on any atom is 0.0566 e. The highest BCUT2D eigenvalue weighted by atomic mass is 28.3. The van der Waals surface area contributed by atoms with Crippen LogP contribution >= 0.6 is 0 Å². The van der Waals surface area contributed by atoms with E-state index in [0.717, 1.165) is 0 Å². The minimum atomic E-state index is -1.12. The molecule has 80 valence electrons. The first kappa shape index (κ1) is 10.7. The Labute approximate surface area is 94.0 Å². The maximum atomic E-state index is 2.49. The van der Waals surface area contributed by atoms with E-state index >= 15 is 0 Å². The van der Waals surface area contributed by atoms with Gasteiger partial charge in [0.25, 0.3) is 0 Å². The van der Waals surface area contributed by atoms with Gasteiger partial charge in [-0.15, -0.1) is 0 Å². The number of hydrogen-bond acceptors (Lipinski definition) is 0. The van der Waals surface area contributed by atoms with Gasteiger partial charge in [-0.3, -0.25) is 0 Å². The SMILES string of the molecule is CC1=CC([Si](C)(C)C)c2cccc(C)c21. The predicted octanol–water partition coefficient (Wildman–Crippen LogP) is 4.37. The second-order valence-electron chi connectivity index (χ2n) is 5.73. The van der Waals surface area contributed by atoms with Crippen molar-refractivity contribution in [3.05, 3.63) is 41.0 Å². The first-order valence-corrected chi connectivity index (χ1v) is 9.27. The number of benzene rings is 1. The molecule has 0 fully saturated rings. The average molecular weight is 216 g/mol. The van der Waals surface area contributed by atoms with E-state index in [0.29, 0.717) is 5.54 Å². The Morgan fingerprint density at radius 2 is 1.73 bits per heavy atom. The lowest BCUT2D eigenvalue weighted by Crippen LogP contribution is -2.28. The van der Waals surface area contributed by atoms with Crippen LogP contribution in [0.4, 0.5) is 0 Å². The van der Waals surface area contributed by atoms with Gasteiger partial charge >= 0.3 is 0 Å². The van der Waals surface area contributed by atoms with Gasteiger partial charge in [-0.1, -0.05) is 43.9 Å². The van der Waals surface area contributed by atoms with E-state index in [1.54, 1.807) is 5.56 Å². The standard InChI is InChI=1S/C14H20Si/c1-10-7-6-8-12-13(15(3,4)5)9-11(2)14(10)12/h6-9,13H,1-5H3. The van der Waals surface area contributed by atoms with Crippen molar-refractivity contribution in [2.45, 2.75) is 39.0 Å². The molecule has 1 aromatic rings. The lowest BCUT2D eigenvalue weighted by atomic mass is 10.0. The topological polar surface area (TPSA) is 0 Å². The normalized spacial score (nSPS) is 20.1. The minimum absolute atomic E-state index is 0.715. The Morgan fingerprint density at radius 3 is 2.33 bits per heavy atom. The summed E-state index contributed by atoms with van der Waals surface area (Å²) in [5, 5.41) is 0. The fraction of sp³-hybridized carbons (Fsp3) is 0.429. The zero-order valence-electron chi connectivity index (χ0n) is 10.4. The molecule has 0 nitrogen and oxygen atoms in total. The maximum absolute atomic E-state index is 2.49. The van der Waals surface area contributed by atoms with E-state index in [4.69, 9.17) is 0 Å². The molecule has 0 radical (unpaired) electrons. The van der Waals surface area contributed by atoms with Gasteiger partial charge in [0.2, 0.25) is 0 Å². The Balaban J connectivity index is 2.59. The van der Waals surface area contributed by atoms with Crippen LogP contribution in [0.5, 0.6) is 0 Å². The molecule has 0 aliphatic heterocycles. The van der Waals surface area contributed by atoms with E-state index in [1.807, 2.05) is 0 Å². The molecular weight excluding hydrogens is 196 g/mol. The van der Waals surface area contributed by atoms with Gasteiger partial charge in [0.05, 0.1) is 8.07 Å². The van der Waals surface area contributed by atoms with Crippen LogP contribution in [0, 0.1) is 6.92 Å². The molecule has 1 unspecified atom stereocenters. The van der Waals surface area contributed by atoms with Crippen molar-refractivity contribution in [1.82, 2.24) is 0 Å². The lowest BCUT2D eigenvalue weighted by molar-refractivity contribution is 1.15. The van der Waals surface area contributed by atoms with E-state index < -0.39 is 8.07 Å². The van der Waals surface area contributed by atoms with Crippen molar-refractivity contribution in [2.75, 3.05) is 0 Å². The van der Waals surface area contributed by atoms with Crippen LogP contribution in [0.25, 0.3) is 5.57 Å². The van der Waals surface area contributed by atoms with Gasteiger partial charge in [-0.25, -0.2) is 0 Å². The summed E-state index contributed by atoms with van der Waals surface area (Å²) in [6, 6.07) is 6.74. The van der Waals surface area contributed by atoms with Crippen LogP contribution < -0.4 is 0 Å². The van der Waals surface area contributed by atoms with Crippen LogP contribution in [-0.4, -0.2) is 8.07 Å². The molecule has 15 heavy (non-hydrogen) atoms. The van der Waals surface area contributed by atoms with Gasteiger partial charge in [-0.2, -0.15) is 0 Å². The predicted molar refractivity (Wildman–Crippen MR) is 70.9 cm³/mol. The highest BCUT2D eigenvalue weighted by molar-refractivity contribution is 6.78. The lowest BCUT2D eigenvalue weighted by Gasteiger charge is -2.24. The zero-order chi connectivity index (χ0) is 11.2. The van der Waals surface area contributed by atoms with Gasteiger partial charge < -0.3 is 0 Å². The molecule has 0 saturated heterocycles. The van der Waals surface area contributed by atoms with Crippen LogP contribution in [0.3, 0.4) is 0 Å². The third-order valence-electron chi connectivity index (χ3n) is 3.38. The Hall–Kier alpha value is -0.823. The summed E-state index contributed by atoms with van der Waals surface area (Å²) in [5.41, 5.74) is 6.72. The molecule has 0 spiro atoms. The van der Waals surface area contributed by atoms with Gasteiger partial charge in [-0.05, 0) is 41.7 Å². The second-order valence-corrected chi connectivity index (χ2v) is 11.1. The molecule has 0 heterocycles. The summed E-state index contributed by atoms with van der Waals surface area (Å²) < 4.78 is 0. The Kier molecular flexibility index (Phi) is 2.38.